The molecule has 0 amide bonds. The van der Waals surface area contributed by atoms with Crippen molar-refractivity contribution in [3.05, 3.63) is 28.8 Å². The molecule has 1 aromatic carbocycles. The minimum absolute atomic E-state index is 0.657. The molecule has 1 nitrogen and oxygen atoms in total. The highest BCUT2D eigenvalue weighted by molar-refractivity contribution is 6.32. The number of halogens is 1. The third-order valence-electron chi connectivity index (χ3n) is 1.45. The smallest absolute Gasteiger partial charge is 0.140 e. The van der Waals surface area contributed by atoms with E-state index in [0.29, 0.717) is 11.6 Å². The highest BCUT2D eigenvalue weighted by Gasteiger charge is 2.02. The van der Waals surface area contributed by atoms with Gasteiger partial charge in [-0.25, -0.2) is 0 Å². The van der Waals surface area contributed by atoms with Crippen molar-refractivity contribution in [2.75, 3.05) is 6.61 Å². The van der Waals surface area contributed by atoms with Gasteiger partial charge >= 0.3 is 0 Å². The van der Waals surface area contributed by atoms with Gasteiger partial charge in [0.25, 0.3) is 0 Å². The number of hydrogen-bond donors (Lipinski definition) is 0. The van der Waals surface area contributed by atoms with E-state index in [-0.39, 0.29) is 0 Å². The van der Waals surface area contributed by atoms with Crippen LogP contribution in [0.1, 0.15) is 12.5 Å². The van der Waals surface area contributed by atoms with E-state index in [1.165, 1.54) is 0 Å². The van der Waals surface area contributed by atoms with Gasteiger partial charge in [0.2, 0.25) is 0 Å². The summed E-state index contributed by atoms with van der Waals surface area (Å²) in [6, 6.07) is 5.73. The van der Waals surface area contributed by atoms with Crippen LogP contribution in [-0.4, -0.2) is 6.61 Å². The van der Waals surface area contributed by atoms with Gasteiger partial charge in [0, 0.05) is 0 Å². The lowest BCUT2D eigenvalue weighted by Gasteiger charge is -2.07. The highest BCUT2D eigenvalue weighted by atomic mass is 35.5. The first-order valence-corrected chi connectivity index (χ1v) is 4.01. The molecule has 0 unspecified atom stereocenters. The Morgan fingerprint density at radius 1 is 1.45 bits per heavy atom. The third-order valence-corrected chi connectivity index (χ3v) is 1.75. The maximum atomic E-state index is 5.88. The quantitative estimate of drug-likeness (QED) is 0.663. The van der Waals surface area contributed by atoms with Crippen molar-refractivity contribution >= 4 is 11.6 Å². The second-order valence-electron chi connectivity index (χ2n) is 2.32. The minimum atomic E-state index is 0.657. The van der Waals surface area contributed by atoms with Gasteiger partial charge in [-0.05, 0) is 25.5 Å². The monoisotopic (exact) mass is 170 g/mol. The second-order valence-corrected chi connectivity index (χ2v) is 2.73. The first-order chi connectivity index (χ1) is 5.25. The number of para-hydroxylation sites is 1. The van der Waals surface area contributed by atoms with Crippen LogP contribution in [0.25, 0.3) is 0 Å². The van der Waals surface area contributed by atoms with Gasteiger partial charge in [-0.15, -0.1) is 0 Å². The zero-order chi connectivity index (χ0) is 8.27. The van der Waals surface area contributed by atoms with E-state index < -0.39 is 0 Å². The van der Waals surface area contributed by atoms with Crippen LogP contribution >= 0.6 is 11.6 Å². The Hall–Kier alpha value is -0.690. The van der Waals surface area contributed by atoms with Gasteiger partial charge in [0.15, 0.2) is 0 Å². The number of ether oxygens (including phenoxy) is 1. The Labute approximate surface area is 71.9 Å². The summed E-state index contributed by atoms with van der Waals surface area (Å²) in [6.07, 6.45) is 0. The van der Waals surface area contributed by atoms with Crippen molar-refractivity contribution in [2.24, 2.45) is 0 Å². The van der Waals surface area contributed by atoms with E-state index in [4.69, 9.17) is 16.3 Å². The fourth-order valence-corrected chi connectivity index (χ4v) is 1.22. The molecule has 2 heteroatoms. The van der Waals surface area contributed by atoms with E-state index in [1.807, 2.05) is 32.0 Å². The molecule has 0 atom stereocenters. The van der Waals surface area contributed by atoms with E-state index >= 15 is 0 Å². The van der Waals surface area contributed by atoms with E-state index in [0.717, 1.165) is 11.3 Å². The molecule has 1 rings (SSSR count). The first kappa shape index (κ1) is 8.41. The molecule has 0 N–H and O–H groups in total. The van der Waals surface area contributed by atoms with Crippen molar-refractivity contribution < 1.29 is 4.74 Å². The van der Waals surface area contributed by atoms with E-state index in [9.17, 15) is 0 Å². The Kier molecular flexibility index (Phi) is 2.77. The standard InChI is InChI=1S/C9H11ClO/c1-3-11-9-7(2)5-4-6-8(9)10/h4-6H,3H2,1-2H3. The van der Waals surface area contributed by atoms with Gasteiger partial charge < -0.3 is 4.74 Å². The van der Waals surface area contributed by atoms with Crippen molar-refractivity contribution in [1.29, 1.82) is 0 Å². The predicted octanol–water partition coefficient (Wildman–Crippen LogP) is 3.05. The number of rotatable bonds is 2. The van der Waals surface area contributed by atoms with Crippen LogP contribution in [0.2, 0.25) is 5.02 Å². The van der Waals surface area contributed by atoms with E-state index in [1.54, 1.807) is 0 Å². The fourth-order valence-electron chi connectivity index (χ4n) is 0.944. The predicted molar refractivity (Wildman–Crippen MR) is 47.4 cm³/mol. The summed E-state index contributed by atoms with van der Waals surface area (Å²) in [6.45, 7) is 4.59. The summed E-state index contributed by atoms with van der Waals surface area (Å²) in [4.78, 5) is 0. The molecule has 0 fully saturated rings. The largest absolute Gasteiger partial charge is 0.492 e. The zero-order valence-electron chi connectivity index (χ0n) is 6.73. The summed E-state index contributed by atoms with van der Waals surface area (Å²) >= 11 is 5.88. The number of hydrogen-bond acceptors (Lipinski definition) is 1. The molecule has 0 saturated heterocycles. The summed E-state index contributed by atoms with van der Waals surface area (Å²) < 4.78 is 5.34. The topological polar surface area (TPSA) is 9.23 Å². The highest BCUT2D eigenvalue weighted by Crippen LogP contribution is 2.27. The minimum Gasteiger partial charge on any atom is -0.492 e. The molecular formula is C9H11ClO. The molecule has 0 aliphatic rings. The van der Waals surface area contributed by atoms with Crippen molar-refractivity contribution in [3.8, 4) is 5.75 Å². The average Bonchev–Trinajstić information content (AvgIpc) is 1.97. The Bertz CT molecular complexity index is 225. The zero-order valence-corrected chi connectivity index (χ0v) is 7.48. The third kappa shape index (κ3) is 1.87. The second kappa shape index (κ2) is 3.63. The molecule has 0 aliphatic carbocycles. The normalized spacial score (nSPS) is 9.73. The Balaban J connectivity index is 3.00. The molecular weight excluding hydrogens is 160 g/mol. The first-order valence-electron chi connectivity index (χ1n) is 3.63. The summed E-state index contributed by atoms with van der Waals surface area (Å²) in [5, 5.41) is 0.687. The van der Waals surface area contributed by atoms with Crippen LogP contribution in [0.4, 0.5) is 0 Å². The van der Waals surface area contributed by atoms with Crippen LogP contribution in [0.5, 0.6) is 5.75 Å². The SMILES string of the molecule is CCOc1c(C)cccc1Cl. The van der Waals surface area contributed by atoms with Crippen molar-refractivity contribution in [2.45, 2.75) is 13.8 Å². The maximum absolute atomic E-state index is 5.88. The van der Waals surface area contributed by atoms with Gasteiger partial charge in [-0.3, -0.25) is 0 Å². The van der Waals surface area contributed by atoms with Crippen LogP contribution < -0.4 is 4.74 Å². The molecule has 0 spiro atoms. The maximum Gasteiger partial charge on any atom is 0.140 e. The lowest BCUT2D eigenvalue weighted by atomic mass is 10.2. The van der Waals surface area contributed by atoms with Crippen LogP contribution in [0, 0.1) is 6.92 Å². The van der Waals surface area contributed by atoms with E-state index in [2.05, 4.69) is 0 Å². The van der Waals surface area contributed by atoms with Crippen LogP contribution in [0.3, 0.4) is 0 Å². The molecule has 0 heterocycles. The summed E-state index contributed by atoms with van der Waals surface area (Å²) in [5.41, 5.74) is 1.08. The molecule has 0 saturated carbocycles. The number of benzene rings is 1. The summed E-state index contributed by atoms with van der Waals surface area (Å²) in [7, 11) is 0. The van der Waals surface area contributed by atoms with Crippen LogP contribution in [0.15, 0.2) is 18.2 Å². The molecule has 1 aromatic rings. The van der Waals surface area contributed by atoms with Gasteiger partial charge in [0.05, 0.1) is 11.6 Å². The average molecular weight is 171 g/mol. The van der Waals surface area contributed by atoms with Crippen molar-refractivity contribution in [3.63, 3.8) is 0 Å². The van der Waals surface area contributed by atoms with Gasteiger partial charge in [-0.1, -0.05) is 23.7 Å². The molecule has 0 aromatic heterocycles. The van der Waals surface area contributed by atoms with Gasteiger partial charge in [0.1, 0.15) is 5.75 Å². The molecule has 0 aliphatic heterocycles. The molecule has 60 valence electrons. The lowest BCUT2D eigenvalue weighted by Crippen LogP contribution is -1.94. The molecule has 11 heavy (non-hydrogen) atoms. The lowest BCUT2D eigenvalue weighted by molar-refractivity contribution is 0.338. The Morgan fingerprint density at radius 3 is 2.73 bits per heavy atom. The molecule has 0 bridgehead atoms. The van der Waals surface area contributed by atoms with Gasteiger partial charge in [-0.2, -0.15) is 0 Å². The number of aryl methyl sites for hydroxylation is 1. The van der Waals surface area contributed by atoms with Crippen molar-refractivity contribution in [1.82, 2.24) is 0 Å². The van der Waals surface area contributed by atoms with Crippen LogP contribution in [-0.2, 0) is 0 Å². The Morgan fingerprint density at radius 2 is 2.18 bits per heavy atom. The fraction of sp³-hybridized carbons (Fsp3) is 0.333. The summed E-state index contributed by atoms with van der Waals surface area (Å²) in [5.74, 6) is 0.802. The molecule has 0 radical (unpaired) electrons.